The summed E-state index contributed by atoms with van der Waals surface area (Å²) in [6, 6.07) is 7.36. The molecule has 2 aromatic rings. The third-order valence-electron chi connectivity index (χ3n) is 2.47. The Hall–Kier alpha value is -2.30. The van der Waals surface area contributed by atoms with Crippen LogP contribution in [-0.2, 0) is 4.79 Å². The highest BCUT2D eigenvalue weighted by Gasteiger charge is 2.17. The number of carbonyl (C=O) groups excluding carboxylic acids is 2. The molecule has 88 valence electrons. The number of hydrogen-bond donors (Lipinski definition) is 2. The van der Waals surface area contributed by atoms with Crippen LogP contribution in [0, 0.1) is 6.92 Å². The first-order chi connectivity index (χ1) is 8.09. The number of rotatable bonds is 3. The number of primary amides is 1. The fourth-order valence-electron chi connectivity index (χ4n) is 1.64. The van der Waals surface area contributed by atoms with Gasteiger partial charge in [0.1, 0.15) is 5.58 Å². The van der Waals surface area contributed by atoms with Crippen LogP contribution in [0.15, 0.2) is 28.7 Å². The number of amides is 2. The SMILES string of the molecule is Cc1c(C(=O)NCC(N)=O)oc2ccccc12. The maximum absolute atomic E-state index is 11.7. The van der Waals surface area contributed by atoms with Gasteiger partial charge in [0.15, 0.2) is 5.76 Å². The normalized spacial score (nSPS) is 10.4. The molecule has 0 aliphatic rings. The Balaban J connectivity index is 2.32. The lowest BCUT2D eigenvalue weighted by Crippen LogP contribution is -2.33. The summed E-state index contributed by atoms with van der Waals surface area (Å²) < 4.78 is 5.43. The molecule has 0 aliphatic carbocycles. The van der Waals surface area contributed by atoms with Crippen molar-refractivity contribution < 1.29 is 14.0 Å². The van der Waals surface area contributed by atoms with Gasteiger partial charge in [0, 0.05) is 10.9 Å². The number of furan rings is 1. The third kappa shape index (κ3) is 2.13. The van der Waals surface area contributed by atoms with Crippen molar-refractivity contribution in [1.29, 1.82) is 0 Å². The largest absolute Gasteiger partial charge is 0.451 e. The van der Waals surface area contributed by atoms with Crippen LogP contribution < -0.4 is 11.1 Å². The van der Waals surface area contributed by atoms with E-state index in [0.717, 1.165) is 10.9 Å². The first kappa shape index (κ1) is 11.2. The maximum atomic E-state index is 11.7. The van der Waals surface area contributed by atoms with Crippen molar-refractivity contribution in [1.82, 2.24) is 5.32 Å². The van der Waals surface area contributed by atoms with Gasteiger partial charge in [0.05, 0.1) is 6.54 Å². The third-order valence-corrected chi connectivity index (χ3v) is 2.47. The van der Waals surface area contributed by atoms with Gasteiger partial charge in [0.2, 0.25) is 5.91 Å². The van der Waals surface area contributed by atoms with E-state index >= 15 is 0 Å². The average molecular weight is 232 g/mol. The van der Waals surface area contributed by atoms with E-state index in [2.05, 4.69) is 5.32 Å². The smallest absolute Gasteiger partial charge is 0.287 e. The molecule has 2 rings (SSSR count). The Morgan fingerprint density at radius 1 is 1.35 bits per heavy atom. The van der Waals surface area contributed by atoms with Gasteiger partial charge in [-0.2, -0.15) is 0 Å². The summed E-state index contributed by atoms with van der Waals surface area (Å²) in [6.45, 7) is 1.60. The molecule has 1 heterocycles. The molecule has 0 bridgehead atoms. The molecule has 0 saturated heterocycles. The summed E-state index contributed by atoms with van der Waals surface area (Å²) in [7, 11) is 0. The van der Waals surface area contributed by atoms with E-state index in [-0.39, 0.29) is 12.3 Å². The summed E-state index contributed by atoms with van der Waals surface area (Å²) in [5, 5.41) is 3.28. The molecule has 5 heteroatoms. The first-order valence-electron chi connectivity index (χ1n) is 5.14. The predicted molar refractivity (Wildman–Crippen MR) is 62.5 cm³/mol. The number of nitrogens with two attached hydrogens (primary N) is 1. The molecule has 0 aliphatic heterocycles. The Bertz CT molecular complexity index is 586. The monoisotopic (exact) mass is 232 g/mol. The minimum atomic E-state index is -0.591. The average Bonchev–Trinajstić information content (AvgIpc) is 2.64. The first-order valence-corrected chi connectivity index (χ1v) is 5.14. The second kappa shape index (κ2) is 4.29. The van der Waals surface area contributed by atoms with Crippen LogP contribution in [0.3, 0.4) is 0 Å². The number of nitrogens with one attached hydrogen (secondary N) is 1. The zero-order valence-electron chi connectivity index (χ0n) is 9.32. The second-order valence-corrected chi connectivity index (χ2v) is 3.70. The van der Waals surface area contributed by atoms with Crippen molar-refractivity contribution in [3.05, 3.63) is 35.6 Å². The molecule has 0 atom stereocenters. The van der Waals surface area contributed by atoms with Crippen LogP contribution in [0.1, 0.15) is 16.1 Å². The molecule has 17 heavy (non-hydrogen) atoms. The van der Waals surface area contributed by atoms with Crippen LogP contribution in [0.5, 0.6) is 0 Å². The van der Waals surface area contributed by atoms with Crippen LogP contribution in [0.4, 0.5) is 0 Å². The Morgan fingerprint density at radius 2 is 2.06 bits per heavy atom. The van der Waals surface area contributed by atoms with Crippen molar-refractivity contribution in [2.24, 2.45) is 5.73 Å². The van der Waals surface area contributed by atoms with Gasteiger partial charge in [0.25, 0.3) is 5.91 Å². The summed E-state index contributed by atoms with van der Waals surface area (Å²) >= 11 is 0. The molecule has 1 aromatic carbocycles. The van der Waals surface area contributed by atoms with Gasteiger partial charge in [-0.05, 0) is 13.0 Å². The van der Waals surface area contributed by atoms with Gasteiger partial charge < -0.3 is 15.5 Å². The van der Waals surface area contributed by atoms with Crippen molar-refractivity contribution in [3.63, 3.8) is 0 Å². The van der Waals surface area contributed by atoms with Gasteiger partial charge in [-0.15, -0.1) is 0 Å². The molecule has 0 unspecified atom stereocenters. The highest BCUT2D eigenvalue weighted by Crippen LogP contribution is 2.24. The zero-order chi connectivity index (χ0) is 12.4. The second-order valence-electron chi connectivity index (χ2n) is 3.70. The van der Waals surface area contributed by atoms with E-state index in [9.17, 15) is 9.59 Å². The van der Waals surface area contributed by atoms with Crippen molar-refractivity contribution in [2.75, 3.05) is 6.54 Å². The molecule has 0 saturated carbocycles. The lowest BCUT2D eigenvalue weighted by Gasteiger charge is -1.99. The van der Waals surface area contributed by atoms with E-state index in [0.29, 0.717) is 5.58 Å². The zero-order valence-corrected chi connectivity index (χ0v) is 9.32. The minimum absolute atomic E-state index is 0.199. The number of hydrogen-bond acceptors (Lipinski definition) is 3. The molecule has 5 nitrogen and oxygen atoms in total. The van der Waals surface area contributed by atoms with E-state index in [1.807, 2.05) is 18.2 Å². The molecular formula is C12H12N2O3. The van der Waals surface area contributed by atoms with Crippen LogP contribution >= 0.6 is 0 Å². The Labute approximate surface area is 97.6 Å². The van der Waals surface area contributed by atoms with Gasteiger partial charge in [-0.3, -0.25) is 9.59 Å². The van der Waals surface area contributed by atoms with Crippen LogP contribution in [0.2, 0.25) is 0 Å². The fourth-order valence-corrected chi connectivity index (χ4v) is 1.64. The van der Waals surface area contributed by atoms with E-state index in [1.165, 1.54) is 0 Å². The van der Waals surface area contributed by atoms with Gasteiger partial charge >= 0.3 is 0 Å². The number of carbonyl (C=O) groups is 2. The minimum Gasteiger partial charge on any atom is -0.451 e. The summed E-state index contributed by atoms with van der Waals surface area (Å²) in [5.41, 5.74) is 6.35. The molecule has 2 amide bonds. The topological polar surface area (TPSA) is 85.3 Å². The van der Waals surface area contributed by atoms with Gasteiger partial charge in [-0.1, -0.05) is 18.2 Å². The highest BCUT2D eigenvalue weighted by atomic mass is 16.3. The summed E-state index contributed by atoms with van der Waals surface area (Å²) in [5.74, 6) is -0.808. The molecule has 0 fully saturated rings. The predicted octanol–water partition coefficient (Wildman–Crippen LogP) is 0.956. The molecule has 3 N–H and O–H groups in total. The molecule has 1 aromatic heterocycles. The van der Waals surface area contributed by atoms with E-state index in [4.69, 9.17) is 10.2 Å². The van der Waals surface area contributed by atoms with Crippen molar-refractivity contribution in [3.8, 4) is 0 Å². The number of para-hydroxylation sites is 1. The quantitative estimate of drug-likeness (QED) is 0.826. The van der Waals surface area contributed by atoms with Crippen molar-refractivity contribution >= 4 is 22.8 Å². The Morgan fingerprint density at radius 3 is 2.71 bits per heavy atom. The lowest BCUT2D eigenvalue weighted by molar-refractivity contribution is -0.117. The van der Waals surface area contributed by atoms with Gasteiger partial charge in [-0.25, -0.2) is 0 Å². The molecular weight excluding hydrogens is 220 g/mol. The van der Waals surface area contributed by atoms with E-state index < -0.39 is 11.8 Å². The van der Waals surface area contributed by atoms with E-state index in [1.54, 1.807) is 13.0 Å². The standard InChI is InChI=1S/C12H12N2O3/c1-7-8-4-2-3-5-9(8)17-11(7)12(16)14-6-10(13)15/h2-5H,6H2,1H3,(H2,13,15)(H,14,16). The Kier molecular flexibility index (Phi) is 2.82. The maximum Gasteiger partial charge on any atom is 0.287 e. The number of aryl methyl sites for hydroxylation is 1. The molecule has 0 radical (unpaired) electrons. The van der Waals surface area contributed by atoms with Crippen LogP contribution in [-0.4, -0.2) is 18.4 Å². The molecule has 0 spiro atoms. The van der Waals surface area contributed by atoms with Crippen molar-refractivity contribution in [2.45, 2.75) is 6.92 Å². The number of benzene rings is 1. The lowest BCUT2D eigenvalue weighted by atomic mass is 10.1. The fraction of sp³-hybridized carbons (Fsp3) is 0.167. The van der Waals surface area contributed by atoms with Crippen LogP contribution in [0.25, 0.3) is 11.0 Å². The highest BCUT2D eigenvalue weighted by molar-refractivity contribution is 6.00. The summed E-state index contributed by atoms with van der Waals surface area (Å²) in [4.78, 5) is 22.3. The number of fused-ring (bicyclic) bond motifs is 1. The summed E-state index contributed by atoms with van der Waals surface area (Å²) in [6.07, 6.45) is 0.